The van der Waals surface area contributed by atoms with Gasteiger partial charge in [-0.3, -0.25) is 4.98 Å². The molecule has 1 aromatic carbocycles. The molecule has 1 unspecified atom stereocenters. The van der Waals surface area contributed by atoms with Crippen LogP contribution in [0, 0.1) is 0 Å². The quantitative estimate of drug-likeness (QED) is 0.773. The van der Waals surface area contributed by atoms with Crippen LogP contribution in [0.3, 0.4) is 0 Å². The molecule has 1 aromatic heterocycles. The van der Waals surface area contributed by atoms with Gasteiger partial charge in [-0.15, -0.1) is 11.8 Å². The second-order valence-corrected chi connectivity index (χ2v) is 5.34. The van der Waals surface area contributed by atoms with Gasteiger partial charge in [0.05, 0.1) is 11.6 Å². The summed E-state index contributed by atoms with van der Waals surface area (Å²) in [4.78, 5) is 5.73. The summed E-state index contributed by atoms with van der Waals surface area (Å²) in [5.74, 6) is 1.04. The van der Waals surface area contributed by atoms with Crippen LogP contribution in [0.4, 0.5) is 0 Å². The second-order valence-electron chi connectivity index (χ2n) is 4.28. The number of ether oxygens (including phenoxy) is 1. The molecule has 1 aliphatic heterocycles. The van der Waals surface area contributed by atoms with Crippen LogP contribution in [-0.4, -0.2) is 23.4 Å². The zero-order valence-electron chi connectivity index (χ0n) is 9.63. The molecule has 2 nitrogen and oxygen atoms in total. The molecule has 1 fully saturated rings. The van der Waals surface area contributed by atoms with Gasteiger partial charge in [-0.25, -0.2) is 0 Å². The largest absolute Gasteiger partial charge is 0.377 e. The molecule has 3 rings (SSSR count). The molecule has 0 saturated carbocycles. The number of para-hydroxylation sites is 1. The van der Waals surface area contributed by atoms with E-state index in [1.807, 2.05) is 24.0 Å². The molecule has 1 saturated heterocycles. The van der Waals surface area contributed by atoms with E-state index in [4.69, 9.17) is 4.74 Å². The Balaban J connectivity index is 1.79. The standard InChI is InChI=1S/C14H15NOS/c1-4-11-5-2-8-15-14(11)13(7-1)17-10-12-6-3-9-16-12/h1-2,4-5,7-8,12H,3,6,9-10H2. The molecule has 0 radical (unpaired) electrons. The third kappa shape index (κ3) is 2.45. The molecule has 3 heteroatoms. The Kier molecular flexibility index (Phi) is 3.29. The maximum Gasteiger partial charge on any atom is 0.0837 e. The van der Waals surface area contributed by atoms with E-state index >= 15 is 0 Å². The van der Waals surface area contributed by atoms with Crippen LogP contribution in [0.5, 0.6) is 0 Å². The number of benzene rings is 1. The van der Waals surface area contributed by atoms with Crippen molar-refractivity contribution in [1.29, 1.82) is 0 Å². The van der Waals surface area contributed by atoms with Crippen molar-refractivity contribution >= 4 is 22.7 Å². The number of fused-ring (bicyclic) bond motifs is 1. The fourth-order valence-electron chi connectivity index (χ4n) is 2.15. The second kappa shape index (κ2) is 5.07. The average molecular weight is 245 g/mol. The van der Waals surface area contributed by atoms with Gasteiger partial charge in [0.15, 0.2) is 0 Å². The molecular formula is C14H15NOS. The summed E-state index contributed by atoms with van der Waals surface area (Å²) >= 11 is 1.86. The number of thioether (sulfide) groups is 1. The van der Waals surface area contributed by atoms with Crippen molar-refractivity contribution in [1.82, 2.24) is 4.98 Å². The summed E-state index contributed by atoms with van der Waals surface area (Å²) < 4.78 is 5.65. The molecule has 0 N–H and O–H groups in total. The summed E-state index contributed by atoms with van der Waals surface area (Å²) in [5.41, 5.74) is 1.11. The van der Waals surface area contributed by atoms with Gasteiger partial charge in [-0.2, -0.15) is 0 Å². The zero-order valence-corrected chi connectivity index (χ0v) is 10.5. The topological polar surface area (TPSA) is 22.1 Å². The van der Waals surface area contributed by atoms with Crippen LogP contribution in [-0.2, 0) is 4.74 Å². The molecule has 0 aliphatic carbocycles. The molecule has 2 aromatic rings. The van der Waals surface area contributed by atoms with E-state index in [2.05, 4.69) is 29.2 Å². The average Bonchev–Trinajstić information content (AvgIpc) is 2.89. The maximum absolute atomic E-state index is 5.65. The van der Waals surface area contributed by atoms with Crippen LogP contribution < -0.4 is 0 Å². The Morgan fingerprint density at radius 2 is 2.24 bits per heavy atom. The van der Waals surface area contributed by atoms with Crippen LogP contribution in [0.15, 0.2) is 41.4 Å². The van der Waals surface area contributed by atoms with E-state index in [0.29, 0.717) is 6.10 Å². The lowest BCUT2D eigenvalue weighted by atomic mass is 10.2. The van der Waals surface area contributed by atoms with E-state index in [1.54, 1.807) is 0 Å². The summed E-state index contributed by atoms with van der Waals surface area (Å²) in [5, 5.41) is 1.21. The monoisotopic (exact) mass is 245 g/mol. The molecule has 17 heavy (non-hydrogen) atoms. The fraction of sp³-hybridized carbons (Fsp3) is 0.357. The van der Waals surface area contributed by atoms with E-state index in [9.17, 15) is 0 Å². The first-order valence-electron chi connectivity index (χ1n) is 6.01. The van der Waals surface area contributed by atoms with Gasteiger partial charge in [0.25, 0.3) is 0 Å². The van der Waals surface area contributed by atoms with Gasteiger partial charge in [-0.1, -0.05) is 18.2 Å². The molecule has 0 amide bonds. The number of aromatic nitrogens is 1. The van der Waals surface area contributed by atoms with Crippen LogP contribution in [0.2, 0.25) is 0 Å². The van der Waals surface area contributed by atoms with Crippen molar-refractivity contribution in [2.45, 2.75) is 23.8 Å². The predicted octanol–water partition coefficient (Wildman–Crippen LogP) is 3.51. The summed E-state index contributed by atoms with van der Waals surface area (Å²) in [7, 11) is 0. The highest BCUT2D eigenvalue weighted by atomic mass is 32.2. The van der Waals surface area contributed by atoms with Gasteiger partial charge in [0.2, 0.25) is 0 Å². The number of pyridine rings is 1. The van der Waals surface area contributed by atoms with Crippen molar-refractivity contribution in [2.24, 2.45) is 0 Å². The minimum absolute atomic E-state index is 0.430. The molecular weight excluding hydrogens is 230 g/mol. The Morgan fingerprint density at radius 3 is 3.12 bits per heavy atom. The third-order valence-corrected chi connectivity index (χ3v) is 4.22. The van der Waals surface area contributed by atoms with Crippen LogP contribution in [0.25, 0.3) is 10.9 Å². The third-order valence-electron chi connectivity index (χ3n) is 3.04. The Hall–Kier alpha value is -1.06. The highest BCUT2D eigenvalue weighted by molar-refractivity contribution is 7.99. The lowest BCUT2D eigenvalue weighted by Gasteiger charge is -2.09. The summed E-state index contributed by atoms with van der Waals surface area (Å²) in [6.45, 7) is 0.930. The van der Waals surface area contributed by atoms with E-state index in [0.717, 1.165) is 17.9 Å². The van der Waals surface area contributed by atoms with Crippen molar-refractivity contribution in [3.63, 3.8) is 0 Å². The minimum Gasteiger partial charge on any atom is -0.377 e. The molecule has 88 valence electrons. The van der Waals surface area contributed by atoms with E-state index in [1.165, 1.54) is 23.1 Å². The number of nitrogens with zero attached hydrogens (tertiary/aromatic N) is 1. The molecule has 1 atom stereocenters. The smallest absolute Gasteiger partial charge is 0.0837 e. The van der Waals surface area contributed by atoms with E-state index < -0.39 is 0 Å². The molecule has 0 bridgehead atoms. The Bertz CT molecular complexity index is 503. The lowest BCUT2D eigenvalue weighted by molar-refractivity contribution is 0.129. The molecule has 1 aliphatic rings. The van der Waals surface area contributed by atoms with Crippen molar-refractivity contribution in [3.05, 3.63) is 36.5 Å². The van der Waals surface area contributed by atoms with Crippen LogP contribution >= 0.6 is 11.8 Å². The number of hydrogen-bond acceptors (Lipinski definition) is 3. The maximum atomic E-state index is 5.65. The highest BCUT2D eigenvalue weighted by Crippen LogP contribution is 2.28. The predicted molar refractivity (Wildman–Crippen MR) is 71.4 cm³/mol. The van der Waals surface area contributed by atoms with Crippen LogP contribution in [0.1, 0.15) is 12.8 Å². The first-order valence-corrected chi connectivity index (χ1v) is 7.00. The van der Waals surface area contributed by atoms with Gasteiger partial charge in [0, 0.05) is 28.8 Å². The lowest BCUT2D eigenvalue weighted by Crippen LogP contribution is -2.07. The normalized spacial score (nSPS) is 19.9. The minimum atomic E-state index is 0.430. The molecule has 0 spiro atoms. The zero-order chi connectivity index (χ0) is 11.5. The summed E-state index contributed by atoms with van der Waals surface area (Å²) in [6.07, 6.45) is 4.70. The Labute approximate surface area is 105 Å². The summed E-state index contributed by atoms with van der Waals surface area (Å²) in [6, 6.07) is 10.4. The van der Waals surface area contributed by atoms with Crippen molar-refractivity contribution in [2.75, 3.05) is 12.4 Å². The van der Waals surface area contributed by atoms with Crippen molar-refractivity contribution < 1.29 is 4.74 Å². The van der Waals surface area contributed by atoms with Crippen molar-refractivity contribution in [3.8, 4) is 0 Å². The highest BCUT2D eigenvalue weighted by Gasteiger charge is 2.16. The van der Waals surface area contributed by atoms with Gasteiger partial charge < -0.3 is 4.74 Å². The van der Waals surface area contributed by atoms with Gasteiger partial charge in [-0.05, 0) is 25.0 Å². The molecule has 2 heterocycles. The fourth-order valence-corrected chi connectivity index (χ4v) is 3.26. The first-order chi connectivity index (χ1) is 8.43. The number of hydrogen-bond donors (Lipinski definition) is 0. The Morgan fingerprint density at radius 1 is 1.29 bits per heavy atom. The van der Waals surface area contributed by atoms with Gasteiger partial charge >= 0.3 is 0 Å². The van der Waals surface area contributed by atoms with E-state index in [-0.39, 0.29) is 0 Å². The van der Waals surface area contributed by atoms with Gasteiger partial charge in [0.1, 0.15) is 0 Å². The first kappa shape index (κ1) is 11.1. The number of rotatable bonds is 3. The SMILES string of the molecule is c1cnc2c(SCC3CCCO3)cccc2c1.